The van der Waals surface area contributed by atoms with E-state index in [1.54, 1.807) is 0 Å². The first-order valence-corrected chi connectivity index (χ1v) is 10.3. The zero-order valence-corrected chi connectivity index (χ0v) is 16.7. The first-order valence-electron chi connectivity index (χ1n) is 10.3. The number of hydrogen-bond acceptors (Lipinski definition) is 5. The summed E-state index contributed by atoms with van der Waals surface area (Å²) < 4.78 is 0. The van der Waals surface area contributed by atoms with Crippen LogP contribution in [0.4, 0.5) is 11.8 Å². The average molecular weight is 393 g/mol. The molecule has 5 nitrogen and oxygen atoms in total. The Bertz CT molecular complexity index is 1130. The first-order chi connectivity index (χ1) is 14.8. The SMILES string of the molecule is c1ccc(-c2cc(NCc3ccccn3)nc(N3CCc4ccccc4C3)n2)cc1. The number of hydrogen-bond donors (Lipinski definition) is 1. The molecule has 1 aliphatic rings. The Balaban J connectivity index is 1.47. The normalized spacial score (nSPS) is 13.0. The van der Waals surface area contributed by atoms with Gasteiger partial charge in [0.15, 0.2) is 0 Å². The third-order valence-corrected chi connectivity index (χ3v) is 5.37. The number of benzene rings is 2. The van der Waals surface area contributed by atoms with Crippen molar-refractivity contribution >= 4 is 11.8 Å². The molecule has 0 spiro atoms. The number of aromatic nitrogens is 3. The molecule has 0 amide bonds. The summed E-state index contributed by atoms with van der Waals surface area (Å²) in [5.41, 5.74) is 5.75. The van der Waals surface area contributed by atoms with E-state index in [9.17, 15) is 0 Å². The molecular weight excluding hydrogens is 370 g/mol. The van der Waals surface area contributed by atoms with E-state index in [2.05, 4.69) is 51.6 Å². The van der Waals surface area contributed by atoms with Crippen LogP contribution in [0, 0.1) is 0 Å². The second-order valence-corrected chi connectivity index (χ2v) is 7.42. The van der Waals surface area contributed by atoms with E-state index in [1.807, 2.05) is 48.7 Å². The van der Waals surface area contributed by atoms with Gasteiger partial charge in [-0.15, -0.1) is 0 Å². The van der Waals surface area contributed by atoms with Gasteiger partial charge in [0.05, 0.1) is 17.9 Å². The molecule has 3 heterocycles. The second-order valence-electron chi connectivity index (χ2n) is 7.42. The fourth-order valence-corrected chi connectivity index (χ4v) is 3.77. The summed E-state index contributed by atoms with van der Waals surface area (Å²) in [5.74, 6) is 1.57. The van der Waals surface area contributed by atoms with Crippen LogP contribution in [-0.4, -0.2) is 21.5 Å². The monoisotopic (exact) mass is 393 g/mol. The zero-order valence-electron chi connectivity index (χ0n) is 16.7. The molecule has 0 saturated heterocycles. The number of fused-ring (bicyclic) bond motifs is 1. The van der Waals surface area contributed by atoms with Crippen LogP contribution in [-0.2, 0) is 19.5 Å². The predicted molar refractivity (Wildman–Crippen MR) is 120 cm³/mol. The third kappa shape index (κ3) is 4.01. The van der Waals surface area contributed by atoms with Crippen LogP contribution in [0.25, 0.3) is 11.3 Å². The van der Waals surface area contributed by atoms with E-state index in [0.717, 1.165) is 48.2 Å². The van der Waals surface area contributed by atoms with Crippen molar-refractivity contribution in [2.45, 2.75) is 19.5 Å². The van der Waals surface area contributed by atoms with E-state index >= 15 is 0 Å². The fraction of sp³-hybridized carbons (Fsp3) is 0.160. The summed E-state index contributed by atoms with van der Waals surface area (Å²) in [6.45, 7) is 2.36. The van der Waals surface area contributed by atoms with E-state index in [-0.39, 0.29) is 0 Å². The van der Waals surface area contributed by atoms with Gasteiger partial charge in [-0.3, -0.25) is 4.98 Å². The Kier molecular flexibility index (Phi) is 5.08. The van der Waals surface area contributed by atoms with Crippen molar-refractivity contribution < 1.29 is 0 Å². The fourth-order valence-electron chi connectivity index (χ4n) is 3.77. The lowest BCUT2D eigenvalue weighted by molar-refractivity contribution is 0.708. The van der Waals surface area contributed by atoms with Crippen LogP contribution in [0.3, 0.4) is 0 Å². The van der Waals surface area contributed by atoms with E-state index in [1.165, 1.54) is 11.1 Å². The van der Waals surface area contributed by atoms with E-state index in [0.29, 0.717) is 6.54 Å². The highest BCUT2D eigenvalue weighted by atomic mass is 15.3. The molecule has 0 radical (unpaired) electrons. The van der Waals surface area contributed by atoms with Crippen molar-refractivity contribution in [3.05, 3.63) is 102 Å². The van der Waals surface area contributed by atoms with Crippen molar-refractivity contribution in [2.75, 3.05) is 16.8 Å². The van der Waals surface area contributed by atoms with Crippen LogP contribution in [0.15, 0.2) is 85.1 Å². The van der Waals surface area contributed by atoms with Crippen LogP contribution in [0.1, 0.15) is 16.8 Å². The maximum absolute atomic E-state index is 4.91. The van der Waals surface area contributed by atoms with Crippen molar-refractivity contribution in [1.82, 2.24) is 15.0 Å². The number of pyridine rings is 1. The standard InChI is InChI=1S/C25H23N5/c1-2-9-20(10-3-1)23-16-24(27-17-22-12-6-7-14-26-22)29-25(28-23)30-15-13-19-8-4-5-11-21(19)18-30/h1-12,14,16H,13,15,17-18H2,(H,27,28,29). The molecule has 148 valence electrons. The van der Waals surface area contributed by atoms with Gasteiger partial charge >= 0.3 is 0 Å². The maximum atomic E-state index is 4.91. The highest BCUT2D eigenvalue weighted by molar-refractivity contribution is 5.64. The molecule has 1 aliphatic heterocycles. The lowest BCUT2D eigenvalue weighted by atomic mass is 10.0. The summed E-state index contributed by atoms with van der Waals surface area (Å²) in [7, 11) is 0. The van der Waals surface area contributed by atoms with Crippen molar-refractivity contribution in [3.8, 4) is 11.3 Å². The molecule has 2 aromatic carbocycles. The first kappa shape index (κ1) is 18.3. The molecule has 5 heteroatoms. The summed E-state index contributed by atoms with van der Waals surface area (Å²) in [4.78, 5) is 16.4. The zero-order chi connectivity index (χ0) is 20.2. The Labute approximate surface area is 176 Å². The van der Waals surface area contributed by atoms with E-state index in [4.69, 9.17) is 9.97 Å². The Morgan fingerprint density at radius 1 is 0.833 bits per heavy atom. The Hall–Kier alpha value is -3.73. The molecule has 0 unspecified atom stereocenters. The molecular formula is C25H23N5. The predicted octanol–water partition coefficient (Wildman–Crippen LogP) is 4.71. The Morgan fingerprint density at radius 3 is 2.47 bits per heavy atom. The average Bonchev–Trinajstić information content (AvgIpc) is 2.83. The maximum Gasteiger partial charge on any atom is 0.228 e. The van der Waals surface area contributed by atoms with Gasteiger partial charge in [-0.1, -0.05) is 60.7 Å². The molecule has 5 rings (SSSR count). The minimum atomic E-state index is 0.619. The van der Waals surface area contributed by atoms with Crippen LogP contribution >= 0.6 is 0 Å². The van der Waals surface area contributed by atoms with Gasteiger partial charge in [-0.05, 0) is 29.7 Å². The summed E-state index contributed by atoms with van der Waals surface area (Å²) in [6, 6.07) is 26.8. The number of nitrogens with zero attached hydrogens (tertiary/aromatic N) is 4. The van der Waals surface area contributed by atoms with Crippen LogP contribution in [0.2, 0.25) is 0 Å². The topological polar surface area (TPSA) is 53.9 Å². The van der Waals surface area contributed by atoms with Crippen molar-refractivity contribution in [3.63, 3.8) is 0 Å². The number of anilines is 2. The third-order valence-electron chi connectivity index (χ3n) is 5.37. The minimum absolute atomic E-state index is 0.619. The summed E-state index contributed by atoms with van der Waals surface area (Å²) in [5, 5.41) is 3.43. The van der Waals surface area contributed by atoms with Gasteiger partial charge in [-0.2, -0.15) is 4.98 Å². The second kappa shape index (κ2) is 8.33. The molecule has 0 bridgehead atoms. The van der Waals surface area contributed by atoms with Gasteiger partial charge in [0.2, 0.25) is 5.95 Å². The summed E-state index contributed by atoms with van der Waals surface area (Å²) >= 11 is 0. The van der Waals surface area contributed by atoms with Crippen molar-refractivity contribution in [1.29, 1.82) is 0 Å². The van der Waals surface area contributed by atoms with E-state index < -0.39 is 0 Å². The molecule has 1 N–H and O–H groups in total. The van der Waals surface area contributed by atoms with Gasteiger partial charge < -0.3 is 10.2 Å². The van der Waals surface area contributed by atoms with Gasteiger partial charge in [-0.25, -0.2) is 4.98 Å². The lowest BCUT2D eigenvalue weighted by Crippen LogP contribution is -2.32. The van der Waals surface area contributed by atoms with Crippen LogP contribution < -0.4 is 10.2 Å². The molecule has 4 aromatic rings. The van der Waals surface area contributed by atoms with Gasteiger partial charge in [0.25, 0.3) is 0 Å². The highest BCUT2D eigenvalue weighted by Gasteiger charge is 2.19. The number of rotatable bonds is 5. The van der Waals surface area contributed by atoms with Gasteiger partial charge in [0, 0.05) is 30.9 Å². The number of nitrogens with one attached hydrogen (secondary N) is 1. The Morgan fingerprint density at radius 2 is 1.63 bits per heavy atom. The smallest absolute Gasteiger partial charge is 0.228 e. The lowest BCUT2D eigenvalue weighted by Gasteiger charge is -2.29. The molecule has 0 atom stereocenters. The highest BCUT2D eigenvalue weighted by Crippen LogP contribution is 2.27. The molecule has 0 fully saturated rings. The van der Waals surface area contributed by atoms with Gasteiger partial charge in [0.1, 0.15) is 5.82 Å². The van der Waals surface area contributed by atoms with Crippen molar-refractivity contribution in [2.24, 2.45) is 0 Å². The molecule has 0 saturated carbocycles. The molecule has 0 aliphatic carbocycles. The molecule has 30 heavy (non-hydrogen) atoms. The quantitative estimate of drug-likeness (QED) is 0.532. The molecule has 2 aromatic heterocycles. The minimum Gasteiger partial charge on any atom is -0.364 e. The van der Waals surface area contributed by atoms with Crippen LogP contribution in [0.5, 0.6) is 0 Å². The largest absolute Gasteiger partial charge is 0.364 e. The summed E-state index contributed by atoms with van der Waals surface area (Å²) in [6.07, 6.45) is 2.81.